The van der Waals surface area contributed by atoms with E-state index in [9.17, 15) is 0 Å². The second kappa shape index (κ2) is 3.47. The Morgan fingerprint density at radius 3 is 3.15 bits per heavy atom. The molecule has 0 aromatic carbocycles. The van der Waals surface area contributed by atoms with Crippen molar-refractivity contribution in [2.24, 2.45) is 5.73 Å². The Labute approximate surface area is 77.7 Å². The topological polar surface area (TPSA) is 53.1 Å². The highest BCUT2D eigenvalue weighted by Crippen LogP contribution is 2.19. The summed E-state index contributed by atoms with van der Waals surface area (Å²) in [5.74, 6) is 0. The van der Waals surface area contributed by atoms with Crippen LogP contribution in [-0.2, 0) is 4.74 Å². The summed E-state index contributed by atoms with van der Waals surface area (Å²) >= 11 is 0. The maximum atomic E-state index is 5.74. The zero-order valence-electron chi connectivity index (χ0n) is 7.81. The second-order valence-electron chi connectivity index (χ2n) is 3.56. The molecule has 0 unspecified atom stereocenters. The predicted octanol–water partition coefficient (Wildman–Crippen LogP) is 0.864. The molecular formula is C9H15N3O. The summed E-state index contributed by atoms with van der Waals surface area (Å²) in [5.41, 5.74) is 6.83. The van der Waals surface area contributed by atoms with Gasteiger partial charge in [0.1, 0.15) is 0 Å². The molecule has 1 fully saturated rings. The molecule has 2 rings (SSSR count). The first kappa shape index (κ1) is 8.72. The Balaban J connectivity index is 2.12. The van der Waals surface area contributed by atoms with Crippen LogP contribution in [0.5, 0.6) is 0 Å². The van der Waals surface area contributed by atoms with Crippen molar-refractivity contribution in [3.8, 4) is 0 Å². The van der Waals surface area contributed by atoms with Gasteiger partial charge in [-0.25, -0.2) is 0 Å². The van der Waals surface area contributed by atoms with E-state index in [-0.39, 0.29) is 6.04 Å². The molecule has 1 aromatic heterocycles. The fraction of sp³-hybridized carbons (Fsp3) is 0.667. The van der Waals surface area contributed by atoms with Crippen molar-refractivity contribution < 1.29 is 4.74 Å². The summed E-state index contributed by atoms with van der Waals surface area (Å²) < 4.78 is 7.25. The molecule has 0 radical (unpaired) electrons. The quantitative estimate of drug-likeness (QED) is 0.736. The number of hydrogen-bond acceptors (Lipinski definition) is 3. The van der Waals surface area contributed by atoms with Crippen LogP contribution in [0.3, 0.4) is 0 Å². The molecule has 4 nitrogen and oxygen atoms in total. The van der Waals surface area contributed by atoms with Gasteiger partial charge in [0.05, 0.1) is 18.8 Å². The minimum Gasteiger partial charge on any atom is -0.379 e. The summed E-state index contributed by atoms with van der Waals surface area (Å²) in [4.78, 5) is 0. The highest BCUT2D eigenvalue weighted by Gasteiger charge is 2.18. The van der Waals surface area contributed by atoms with E-state index in [4.69, 9.17) is 10.5 Å². The lowest BCUT2D eigenvalue weighted by Gasteiger charge is -2.07. The van der Waals surface area contributed by atoms with E-state index in [2.05, 4.69) is 5.10 Å². The summed E-state index contributed by atoms with van der Waals surface area (Å²) in [6.07, 6.45) is 4.91. The molecule has 1 aromatic rings. The van der Waals surface area contributed by atoms with Crippen LogP contribution in [0.2, 0.25) is 0 Å². The first-order valence-electron chi connectivity index (χ1n) is 4.65. The highest BCUT2D eigenvalue weighted by molar-refractivity contribution is 5.08. The Bertz CT molecular complexity index is 276. The van der Waals surface area contributed by atoms with Gasteiger partial charge in [0, 0.05) is 24.4 Å². The number of nitrogens with zero attached hydrogens (tertiary/aromatic N) is 2. The van der Waals surface area contributed by atoms with Crippen LogP contribution in [0.1, 0.15) is 31.0 Å². The van der Waals surface area contributed by atoms with Crippen molar-refractivity contribution in [3.05, 3.63) is 18.0 Å². The Hall–Kier alpha value is -0.870. The minimum atomic E-state index is 0.0658. The summed E-state index contributed by atoms with van der Waals surface area (Å²) in [6, 6.07) is 0.476. The predicted molar refractivity (Wildman–Crippen MR) is 49.3 cm³/mol. The van der Waals surface area contributed by atoms with Crippen LogP contribution in [0.4, 0.5) is 0 Å². The van der Waals surface area contributed by atoms with Crippen molar-refractivity contribution in [3.63, 3.8) is 0 Å². The Morgan fingerprint density at radius 1 is 1.77 bits per heavy atom. The van der Waals surface area contributed by atoms with Gasteiger partial charge >= 0.3 is 0 Å². The molecule has 0 amide bonds. The molecule has 13 heavy (non-hydrogen) atoms. The van der Waals surface area contributed by atoms with E-state index in [0.717, 1.165) is 25.2 Å². The molecule has 2 heterocycles. The first-order valence-corrected chi connectivity index (χ1v) is 4.65. The maximum absolute atomic E-state index is 5.74. The number of hydrogen-bond donors (Lipinski definition) is 1. The normalized spacial score (nSPS) is 24.9. The molecule has 0 spiro atoms. The van der Waals surface area contributed by atoms with Crippen molar-refractivity contribution in [1.82, 2.24) is 9.78 Å². The van der Waals surface area contributed by atoms with Crippen LogP contribution in [-0.4, -0.2) is 23.0 Å². The van der Waals surface area contributed by atoms with Gasteiger partial charge < -0.3 is 10.5 Å². The van der Waals surface area contributed by atoms with Crippen LogP contribution in [0, 0.1) is 0 Å². The van der Waals surface area contributed by atoms with Crippen LogP contribution in [0.25, 0.3) is 0 Å². The number of aromatic nitrogens is 2. The highest BCUT2D eigenvalue weighted by atomic mass is 16.5. The molecule has 72 valence electrons. The van der Waals surface area contributed by atoms with E-state index >= 15 is 0 Å². The van der Waals surface area contributed by atoms with Crippen LogP contribution >= 0.6 is 0 Å². The molecule has 1 aliphatic rings. The molecule has 1 aliphatic heterocycles. The monoisotopic (exact) mass is 181 g/mol. The maximum Gasteiger partial charge on any atom is 0.0774 e. The second-order valence-corrected chi connectivity index (χ2v) is 3.56. The molecule has 2 atom stereocenters. The first-order chi connectivity index (χ1) is 6.27. The molecule has 0 saturated carbocycles. The van der Waals surface area contributed by atoms with Crippen molar-refractivity contribution in [2.45, 2.75) is 25.4 Å². The zero-order valence-corrected chi connectivity index (χ0v) is 7.81. The van der Waals surface area contributed by atoms with Crippen molar-refractivity contribution in [1.29, 1.82) is 0 Å². The van der Waals surface area contributed by atoms with Gasteiger partial charge in [0.2, 0.25) is 0 Å². The summed E-state index contributed by atoms with van der Waals surface area (Å²) in [5, 5.41) is 4.28. The van der Waals surface area contributed by atoms with Crippen molar-refractivity contribution >= 4 is 0 Å². The average Bonchev–Trinajstić information content (AvgIpc) is 2.75. The lowest BCUT2D eigenvalue weighted by molar-refractivity contribution is 0.184. The third-order valence-corrected chi connectivity index (χ3v) is 2.43. The number of rotatable bonds is 2. The third-order valence-electron chi connectivity index (χ3n) is 2.43. The molecule has 4 heteroatoms. The fourth-order valence-corrected chi connectivity index (χ4v) is 1.52. The van der Waals surface area contributed by atoms with Gasteiger partial charge in [-0.3, -0.25) is 4.68 Å². The third kappa shape index (κ3) is 1.73. The van der Waals surface area contributed by atoms with E-state index < -0.39 is 0 Å². The lowest BCUT2D eigenvalue weighted by atomic mass is 10.2. The Morgan fingerprint density at radius 2 is 2.62 bits per heavy atom. The van der Waals surface area contributed by atoms with Crippen LogP contribution in [0.15, 0.2) is 12.4 Å². The number of nitrogens with two attached hydrogens (primary N) is 1. The molecule has 0 aliphatic carbocycles. The summed E-state index contributed by atoms with van der Waals surface area (Å²) in [7, 11) is 0. The average molecular weight is 181 g/mol. The fourth-order valence-electron chi connectivity index (χ4n) is 1.52. The Kier molecular flexibility index (Phi) is 2.33. The van der Waals surface area contributed by atoms with Gasteiger partial charge in [-0.1, -0.05) is 0 Å². The van der Waals surface area contributed by atoms with Gasteiger partial charge in [-0.2, -0.15) is 5.10 Å². The molecule has 0 bridgehead atoms. The van der Waals surface area contributed by atoms with Gasteiger partial charge in [0.25, 0.3) is 0 Å². The zero-order chi connectivity index (χ0) is 9.26. The standard InChI is InChI=1S/C9H15N3O/c1-7(10)8-4-11-12(5-8)9-2-3-13-6-9/h4-5,7,9H,2-3,6,10H2,1H3/t7-,9+/m0/s1. The molecular weight excluding hydrogens is 166 g/mol. The largest absolute Gasteiger partial charge is 0.379 e. The minimum absolute atomic E-state index is 0.0658. The lowest BCUT2D eigenvalue weighted by Crippen LogP contribution is -2.09. The van der Waals surface area contributed by atoms with Crippen LogP contribution < -0.4 is 5.73 Å². The van der Waals surface area contributed by atoms with Gasteiger partial charge in [-0.15, -0.1) is 0 Å². The van der Waals surface area contributed by atoms with E-state index in [1.807, 2.05) is 24.0 Å². The van der Waals surface area contributed by atoms with E-state index in [0.29, 0.717) is 6.04 Å². The van der Waals surface area contributed by atoms with Crippen molar-refractivity contribution in [2.75, 3.05) is 13.2 Å². The molecule has 1 saturated heterocycles. The SMILES string of the molecule is C[C@H](N)c1cnn([C@@H]2CCOC2)c1. The molecule has 2 N–H and O–H groups in total. The smallest absolute Gasteiger partial charge is 0.0774 e. The van der Waals surface area contributed by atoms with Gasteiger partial charge in [0.15, 0.2) is 0 Å². The van der Waals surface area contributed by atoms with E-state index in [1.165, 1.54) is 0 Å². The van der Waals surface area contributed by atoms with E-state index in [1.54, 1.807) is 0 Å². The van der Waals surface area contributed by atoms with Gasteiger partial charge in [-0.05, 0) is 13.3 Å². The summed E-state index contributed by atoms with van der Waals surface area (Å²) in [6.45, 7) is 3.59. The number of ether oxygens (including phenoxy) is 1.